The number of isocyanates is 1. The van der Waals surface area contributed by atoms with E-state index in [4.69, 9.17) is 4.74 Å². The Hall–Kier alpha value is -2.38. The Kier molecular flexibility index (Phi) is 4.25. The van der Waals surface area contributed by atoms with Crippen molar-refractivity contribution in [3.05, 3.63) is 54.6 Å². The van der Waals surface area contributed by atoms with Gasteiger partial charge in [-0.05, 0) is 42.3 Å². The van der Waals surface area contributed by atoms with Crippen LogP contribution in [0.25, 0.3) is 10.8 Å². The summed E-state index contributed by atoms with van der Waals surface area (Å²) in [5, 5.41) is 2.23. The van der Waals surface area contributed by atoms with Crippen LogP contribution in [0.4, 0.5) is 0 Å². The van der Waals surface area contributed by atoms with Crippen molar-refractivity contribution in [2.24, 2.45) is 4.99 Å². The SMILES string of the molecule is C=C[C@H](c1ccc2cc(OC)ccc2c1)C(C)(C)N=C=O. The van der Waals surface area contributed by atoms with E-state index >= 15 is 0 Å². The number of aliphatic imine (C=N–C) groups is 1. The van der Waals surface area contributed by atoms with Crippen molar-refractivity contribution in [2.45, 2.75) is 25.3 Å². The van der Waals surface area contributed by atoms with E-state index in [-0.39, 0.29) is 5.92 Å². The molecular weight excluding hydrogens is 262 g/mol. The number of nitrogens with zero attached hydrogens (tertiary/aromatic N) is 1. The molecule has 0 N–H and O–H groups in total. The van der Waals surface area contributed by atoms with Crippen molar-refractivity contribution in [1.82, 2.24) is 0 Å². The predicted molar refractivity (Wildman–Crippen MR) is 85.6 cm³/mol. The van der Waals surface area contributed by atoms with E-state index in [2.05, 4.69) is 17.6 Å². The van der Waals surface area contributed by atoms with Crippen molar-refractivity contribution in [1.29, 1.82) is 0 Å². The minimum Gasteiger partial charge on any atom is -0.497 e. The summed E-state index contributed by atoms with van der Waals surface area (Å²) in [7, 11) is 1.66. The lowest BCUT2D eigenvalue weighted by molar-refractivity contribution is 0.415. The van der Waals surface area contributed by atoms with Gasteiger partial charge >= 0.3 is 0 Å². The van der Waals surface area contributed by atoms with Gasteiger partial charge in [0.15, 0.2) is 0 Å². The zero-order chi connectivity index (χ0) is 15.5. The standard InChI is InChI=1S/C18H19NO2/c1-5-17(18(2,3)19-12-20)15-7-6-14-11-16(21-4)9-8-13(14)10-15/h5-11,17H,1H2,2-4H3/t17-/m1/s1. The van der Waals surface area contributed by atoms with Crippen molar-refractivity contribution in [2.75, 3.05) is 7.11 Å². The first-order chi connectivity index (χ1) is 10.0. The number of hydrogen-bond acceptors (Lipinski definition) is 3. The third-order valence-corrected chi connectivity index (χ3v) is 3.76. The van der Waals surface area contributed by atoms with Crippen LogP contribution in [0.15, 0.2) is 54.0 Å². The fourth-order valence-electron chi connectivity index (χ4n) is 2.58. The normalized spacial score (nSPS) is 12.5. The third kappa shape index (κ3) is 3.04. The van der Waals surface area contributed by atoms with Gasteiger partial charge in [-0.15, -0.1) is 6.58 Å². The van der Waals surface area contributed by atoms with Gasteiger partial charge in [0.1, 0.15) is 5.75 Å². The lowest BCUT2D eigenvalue weighted by atomic mass is 9.82. The van der Waals surface area contributed by atoms with E-state index < -0.39 is 5.54 Å². The average molecular weight is 281 g/mol. The Balaban J connectivity index is 2.50. The van der Waals surface area contributed by atoms with E-state index in [1.807, 2.05) is 50.3 Å². The van der Waals surface area contributed by atoms with Crippen LogP contribution >= 0.6 is 0 Å². The number of methoxy groups -OCH3 is 1. The highest BCUT2D eigenvalue weighted by molar-refractivity contribution is 5.84. The Morgan fingerprint density at radius 1 is 1.24 bits per heavy atom. The molecule has 0 saturated carbocycles. The van der Waals surface area contributed by atoms with Gasteiger partial charge in [0.25, 0.3) is 0 Å². The molecule has 2 rings (SSSR count). The Morgan fingerprint density at radius 3 is 2.52 bits per heavy atom. The molecule has 3 nitrogen and oxygen atoms in total. The molecule has 0 aliphatic heterocycles. The molecule has 1 atom stereocenters. The van der Waals surface area contributed by atoms with Crippen LogP contribution in [0.5, 0.6) is 5.75 Å². The van der Waals surface area contributed by atoms with Crippen LogP contribution in [0.2, 0.25) is 0 Å². The maximum Gasteiger partial charge on any atom is 0.235 e. The van der Waals surface area contributed by atoms with Crippen molar-refractivity contribution in [3.63, 3.8) is 0 Å². The fourth-order valence-corrected chi connectivity index (χ4v) is 2.58. The summed E-state index contributed by atoms with van der Waals surface area (Å²) in [4.78, 5) is 14.5. The molecule has 0 amide bonds. The first-order valence-corrected chi connectivity index (χ1v) is 6.81. The van der Waals surface area contributed by atoms with Crippen LogP contribution in [0.1, 0.15) is 25.3 Å². The topological polar surface area (TPSA) is 38.7 Å². The number of rotatable bonds is 5. The van der Waals surface area contributed by atoms with E-state index in [1.54, 1.807) is 13.2 Å². The first kappa shape index (κ1) is 15.0. The summed E-state index contributed by atoms with van der Waals surface area (Å²) in [6, 6.07) is 12.1. The number of carbonyl (C=O) groups excluding carboxylic acids is 1. The van der Waals surface area contributed by atoms with Crippen molar-refractivity contribution < 1.29 is 9.53 Å². The van der Waals surface area contributed by atoms with Gasteiger partial charge in [-0.25, -0.2) is 4.79 Å². The highest BCUT2D eigenvalue weighted by atomic mass is 16.5. The zero-order valence-corrected chi connectivity index (χ0v) is 12.6. The molecular formula is C18H19NO2. The molecule has 2 aromatic carbocycles. The minimum atomic E-state index is -0.566. The summed E-state index contributed by atoms with van der Waals surface area (Å²) in [6.07, 6.45) is 3.48. The zero-order valence-electron chi connectivity index (χ0n) is 12.6. The van der Waals surface area contributed by atoms with Crippen LogP contribution in [0.3, 0.4) is 0 Å². The van der Waals surface area contributed by atoms with Gasteiger partial charge in [-0.1, -0.05) is 30.3 Å². The minimum absolute atomic E-state index is 0.0505. The molecule has 0 spiro atoms. The average Bonchev–Trinajstić information content (AvgIpc) is 2.47. The molecule has 0 bridgehead atoms. The van der Waals surface area contributed by atoms with Gasteiger partial charge in [-0.2, -0.15) is 4.99 Å². The highest BCUT2D eigenvalue weighted by Crippen LogP contribution is 2.34. The Bertz CT molecular complexity index is 712. The predicted octanol–water partition coefficient (Wildman–Crippen LogP) is 4.23. The lowest BCUT2D eigenvalue weighted by Gasteiger charge is -2.27. The summed E-state index contributed by atoms with van der Waals surface area (Å²) in [6.45, 7) is 7.69. The molecule has 0 aromatic heterocycles. The fraction of sp³-hybridized carbons (Fsp3) is 0.278. The number of benzene rings is 2. The molecule has 0 saturated heterocycles. The van der Waals surface area contributed by atoms with Crippen LogP contribution in [-0.2, 0) is 4.79 Å². The number of ether oxygens (including phenoxy) is 1. The van der Waals surface area contributed by atoms with Gasteiger partial charge in [0.05, 0.1) is 12.6 Å². The molecule has 3 heteroatoms. The van der Waals surface area contributed by atoms with E-state index in [9.17, 15) is 4.79 Å². The summed E-state index contributed by atoms with van der Waals surface area (Å²) < 4.78 is 5.23. The molecule has 0 aliphatic rings. The molecule has 0 aliphatic carbocycles. The van der Waals surface area contributed by atoms with Crippen LogP contribution in [-0.4, -0.2) is 18.7 Å². The highest BCUT2D eigenvalue weighted by Gasteiger charge is 2.28. The number of hydrogen-bond donors (Lipinski definition) is 0. The second-order valence-electron chi connectivity index (χ2n) is 5.54. The molecule has 21 heavy (non-hydrogen) atoms. The second kappa shape index (κ2) is 5.94. The van der Waals surface area contributed by atoms with Crippen LogP contribution in [0, 0.1) is 0 Å². The maximum absolute atomic E-state index is 10.6. The van der Waals surface area contributed by atoms with Gasteiger partial charge in [0, 0.05) is 5.92 Å². The monoisotopic (exact) mass is 281 g/mol. The lowest BCUT2D eigenvalue weighted by Crippen LogP contribution is -2.25. The number of fused-ring (bicyclic) bond motifs is 1. The Morgan fingerprint density at radius 2 is 1.90 bits per heavy atom. The molecule has 0 fully saturated rings. The maximum atomic E-state index is 10.6. The molecule has 0 heterocycles. The summed E-state index contributed by atoms with van der Waals surface area (Å²) in [5.74, 6) is 0.784. The smallest absolute Gasteiger partial charge is 0.235 e. The van der Waals surface area contributed by atoms with E-state index in [0.717, 1.165) is 22.1 Å². The van der Waals surface area contributed by atoms with Crippen molar-refractivity contribution >= 4 is 16.9 Å². The van der Waals surface area contributed by atoms with Crippen molar-refractivity contribution in [3.8, 4) is 5.75 Å². The van der Waals surface area contributed by atoms with E-state index in [0.29, 0.717) is 0 Å². The summed E-state index contributed by atoms with van der Waals surface area (Å²) in [5.41, 5.74) is 0.510. The summed E-state index contributed by atoms with van der Waals surface area (Å²) >= 11 is 0. The largest absolute Gasteiger partial charge is 0.497 e. The van der Waals surface area contributed by atoms with E-state index in [1.165, 1.54) is 0 Å². The molecule has 2 aromatic rings. The third-order valence-electron chi connectivity index (χ3n) is 3.76. The second-order valence-corrected chi connectivity index (χ2v) is 5.54. The van der Waals surface area contributed by atoms with Gasteiger partial charge in [0.2, 0.25) is 6.08 Å². The van der Waals surface area contributed by atoms with Gasteiger partial charge in [-0.3, -0.25) is 0 Å². The Labute approximate surface area is 125 Å². The molecule has 108 valence electrons. The van der Waals surface area contributed by atoms with Crippen LogP contribution < -0.4 is 4.74 Å². The molecule has 0 unspecified atom stereocenters. The van der Waals surface area contributed by atoms with Gasteiger partial charge < -0.3 is 4.74 Å². The first-order valence-electron chi connectivity index (χ1n) is 6.81. The quantitative estimate of drug-likeness (QED) is 0.467. The molecule has 0 radical (unpaired) electrons.